The van der Waals surface area contributed by atoms with Crippen LogP contribution in [0.15, 0.2) is 57.4 Å². The quantitative estimate of drug-likeness (QED) is 0.166. The number of rotatable bonds is 4. The monoisotopic (exact) mass is 550 g/mol. The van der Waals surface area contributed by atoms with Gasteiger partial charge in [0.2, 0.25) is 11.8 Å². The van der Waals surface area contributed by atoms with Crippen LogP contribution in [-0.2, 0) is 10.8 Å². The molecule has 5 aromatic rings. The van der Waals surface area contributed by atoms with Crippen LogP contribution >= 0.6 is 0 Å². The summed E-state index contributed by atoms with van der Waals surface area (Å²) in [6.07, 6.45) is 0. The van der Waals surface area contributed by atoms with Crippen LogP contribution in [0.1, 0.15) is 52.7 Å². The first-order valence-corrected chi connectivity index (χ1v) is 12.5. The number of benzene rings is 3. The first-order valence-electron chi connectivity index (χ1n) is 12.5. The number of aromatic nitrogens is 4. The van der Waals surface area contributed by atoms with Gasteiger partial charge in [0.05, 0.1) is 0 Å². The van der Waals surface area contributed by atoms with Gasteiger partial charge < -0.3 is 8.83 Å². The zero-order valence-corrected chi connectivity index (χ0v) is 22.7. The van der Waals surface area contributed by atoms with Gasteiger partial charge in [0.1, 0.15) is 11.1 Å². The van der Waals surface area contributed by atoms with E-state index in [-0.39, 0.29) is 22.6 Å². The van der Waals surface area contributed by atoms with E-state index in [1.54, 1.807) is 24.3 Å². The van der Waals surface area contributed by atoms with E-state index < -0.39 is 46.2 Å². The van der Waals surface area contributed by atoms with Crippen LogP contribution in [0.25, 0.3) is 45.8 Å². The van der Waals surface area contributed by atoms with Crippen molar-refractivity contribution >= 4 is 0 Å². The standard InChI is InChI=1S/C30H26F4N4O2/c1-29(2,3)17-11-7-15(8-12-17)25-35-37-27(39-25)19-21(31)23(33)20(24(34)22(19)32)28-38-36-26(40-28)16-9-13-18(14-10-16)30(4,5)6/h7-14H,1-6H3. The van der Waals surface area contributed by atoms with Crippen molar-refractivity contribution in [3.63, 3.8) is 0 Å². The van der Waals surface area contributed by atoms with Crippen molar-refractivity contribution in [3.8, 4) is 45.8 Å². The molecule has 206 valence electrons. The second-order valence-corrected chi connectivity index (χ2v) is 11.5. The lowest BCUT2D eigenvalue weighted by Crippen LogP contribution is -2.10. The fraction of sp³-hybridized carbons (Fsp3) is 0.267. The molecule has 2 heterocycles. The largest absolute Gasteiger partial charge is 0.416 e. The molecule has 0 aliphatic heterocycles. The first kappa shape index (κ1) is 27.2. The SMILES string of the molecule is CC(C)(C)c1ccc(-c2nnc(-c3c(F)c(F)c(-c4nnc(-c5ccc(C(C)(C)C)cc5)o4)c(F)c3F)o2)cc1. The maximum Gasteiger partial charge on any atom is 0.254 e. The highest BCUT2D eigenvalue weighted by Crippen LogP contribution is 2.38. The number of hydrogen-bond donors (Lipinski definition) is 0. The molecule has 0 aliphatic carbocycles. The number of nitrogens with zero attached hydrogens (tertiary/aromatic N) is 4. The molecule has 40 heavy (non-hydrogen) atoms. The average Bonchev–Trinajstić information content (AvgIpc) is 3.58. The Hall–Kier alpha value is -4.34. The smallest absolute Gasteiger partial charge is 0.254 e. The van der Waals surface area contributed by atoms with Crippen molar-refractivity contribution in [2.24, 2.45) is 0 Å². The third-order valence-corrected chi connectivity index (χ3v) is 6.54. The van der Waals surface area contributed by atoms with Crippen molar-refractivity contribution in [3.05, 3.63) is 82.9 Å². The van der Waals surface area contributed by atoms with Crippen LogP contribution < -0.4 is 0 Å². The molecule has 6 nitrogen and oxygen atoms in total. The molecule has 0 fully saturated rings. The second-order valence-electron chi connectivity index (χ2n) is 11.5. The normalized spacial score (nSPS) is 12.2. The zero-order valence-electron chi connectivity index (χ0n) is 22.7. The van der Waals surface area contributed by atoms with Gasteiger partial charge in [-0.15, -0.1) is 20.4 Å². The van der Waals surface area contributed by atoms with E-state index in [0.717, 1.165) is 11.1 Å². The summed E-state index contributed by atoms with van der Waals surface area (Å²) >= 11 is 0. The van der Waals surface area contributed by atoms with Crippen molar-refractivity contribution < 1.29 is 26.4 Å². The molecule has 2 aromatic heterocycles. The van der Waals surface area contributed by atoms with Gasteiger partial charge in [-0.3, -0.25) is 0 Å². The maximum atomic E-state index is 15.2. The molecule has 0 atom stereocenters. The summed E-state index contributed by atoms with van der Waals surface area (Å²) in [6, 6.07) is 14.2. The van der Waals surface area contributed by atoms with E-state index in [2.05, 4.69) is 20.4 Å². The van der Waals surface area contributed by atoms with Gasteiger partial charge in [0.15, 0.2) is 23.3 Å². The number of hydrogen-bond acceptors (Lipinski definition) is 6. The average molecular weight is 551 g/mol. The molecule has 0 saturated heterocycles. The summed E-state index contributed by atoms with van der Waals surface area (Å²) in [7, 11) is 0. The Kier molecular flexibility index (Phi) is 6.60. The highest BCUT2D eigenvalue weighted by molar-refractivity contribution is 5.67. The van der Waals surface area contributed by atoms with Crippen molar-refractivity contribution in [1.29, 1.82) is 0 Å². The lowest BCUT2D eigenvalue weighted by molar-refractivity contribution is 0.448. The summed E-state index contributed by atoms with van der Waals surface area (Å²) in [5.74, 6) is -8.53. The summed E-state index contributed by atoms with van der Waals surface area (Å²) < 4.78 is 71.4. The van der Waals surface area contributed by atoms with Crippen molar-refractivity contribution in [1.82, 2.24) is 20.4 Å². The fourth-order valence-corrected chi connectivity index (χ4v) is 4.11. The molecule has 0 aliphatic rings. The van der Waals surface area contributed by atoms with Crippen LogP contribution in [0.2, 0.25) is 0 Å². The molecule has 0 saturated carbocycles. The van der Waals surface area contributed by atoms with E-state index in [1.807, 2.05) is 65.8 Å². The molecule has 0 N–H and O–H groups in total. The predicted molar refractivity (Wildman–Crippen MR) is 141 cm³/mol. The van der Waals surface area contributed by atoms with Gasteiger partial charge >= 0.3 is 0 Å². The van der Waals surface area contributed by atoms with Crippen molar-refractivity contribution in [2.75, 3.05) is 0 Å². The predicted octanol–water partition coefficient (Wildman–Crippen LogP) is 8.27. The molecule has 0 bridgehead atoms. The summed E-state index contributed by atoms with van der Waals surface area (Å²) in [5.41, 5.74) is 0.549. The fourth-order valence-electron chi connectivity index (χ4n) is 4.11. The maximum absolute atomic E-state index is 15.2. The van der Waals surface area contributed by atoms with E-state index in [4.69, 9.17) is 8.83 Å². The second kappa shape index (κ2) is 9.69. The Morgan fingerprint density at radius 3 is 1.00 bits per heavy atom. The van der Waals surface area contributed by atoms with E-state index in [0.29, 0.717) is 11.1 Å². The highest BCUT2D eigenvalue weighted by atomic mass is 19.2. The summed E-state index contributed by atoms with van der Waals surface area (Å²) in [5, 5.41) is 14.9. The first-order chi connectivity index (χ1) is 18.8. The molecule has 0 radical (unpaired) electrons. The highest BCUT2D eigenvalue weighted by Gasteiger charge is 2.32. The Labute approximate surface area is 228 Å². The Morgan fingerprint density at radius 2 is 0.725 bits per heavy atom. The van der Waals surface area contributed by atoms with E-state index >= 15 is 17.6 Å². The molecule has 0 unspecified atom stereocenters. The van der Waals surface area contributed by atoms with Gasteiger partial charge in [0.25, 0.3) is 11.8 Å². The topological polar surface area (TPSA) is 77.8 Å². The molecule has 10 heteroatoms. The van der Waals surface area contributed by atoms with Crippen LogP contribution in [0, 0.1) is 23.3 Å². The molecule has 5 rings (SSSR count). The van der Waals surface area contributed by atoms with Crippen LogP contribution in [0.4, 0.5) is 17.6 Å². The Bertz CT molecular complexity index is 1540. The summed E-state index contributed by atoms with van der Waals surface area (Å²) in [6.45, 7) is 12.3. The Balaban J connectivity index is 1.49. The number of halogens is 4. The van der Waals surface area contributed by atoms with Gasteiger partial charge in [-0.2, -0.15) is 0 Å². The van der Waals surface area contributed by atoms with Gasteiger partial charge in [-0.05, 0) is 46.2 Å². The minimum Gasteiger partial charge on any atom is -0.416 e. The molecular weight excluding hydrogens is 524 g/mol. The van der Waals surface area contributed by atoms with Gasteiger partial charge in [-0.1, -0.05) is 65.8 Å². The third kappa shape index (κ3) is 4.89. The third-order valence-electron chi connectivity index (χ3n) is 6.54. The minimum atomic E-state index is -1.73. The summed E-state index contributed by atoms with van der Waals surface area (Å²) in [4.78, 5) is 0. The minimum absolute atomic E-state index is 0.0711. The lowest BCUT2D eigenvalue weighted by Gasteiger charge is -2.18. The van der Waals surface area contributed by atoms with E-state index in [1.165, 1.54) is 0 Å². The van der Waals surface area contributed by atoms with Crippen LogP contribution in [-0.4, -0.2) is 20.4 Å². The molecule has 0 amide bonds. The van der Waals surface area contributed by atoms with Gasteiger partial charge in [-0.25, -0.2) is 17.6 Å². The van der Waals surface area contributed by atoms with Crippen LogP contribution in [0.5, 0.6) is 0 Å². The molecular formula is C30H26F4N4O2. The lowest BCUT2D eigenvalue weighted by atomic mass is 9.87. The van der Waals surface area contributed by atoms with E-state index in [9.17, 15) is 0 Å². The Morgan fingerprint density at radius 1 is 0.450 bits per heavy atom. The van der Waals surface area contributed by atoms with Crippen LogP contribution in [0.3, 0.4) is 0 Å². The molecule has 3 aromatic carbocycles. The van der Waals surface area contributed by atoms with Crippen molar-refractivity contribution in [2.45, 2.75) is 52.4 Å². The zero-order chi connectivity index (χ0) is 29.0. The molecule has 0 spiro atoms. The van der Waals surface area contributed by atoms with Gasteiger partial charge in [0, 0.05) is 11.1 Å².